The standard InChI is InChI=1S/C15H15ClFNO3/c1-21-15(20)11-6-7-18(9-11)14(19)5-3-10-2-4-13(17)12(16)8-10/h2-5,8,11H,6-7,9H2,1H3/b5-3+. The van der Waals surface area contributed by atoms with Crippen molar-refractivity contribution in [3.63, 3.8) is 0 Å². The van der Waals surface area contributed by atoms with E-state index in [1.807, 2.05) is 0 Å². The molecule has 0 aromatic heterocycles. The first-order chi connectivity index (χ1) is 10.0. The predicted molar refractivity (Wildman–Crippen MR) is 77.1 cm³/mol. The minimum Gasteiger partial charge on any atom is -0.469 e. The summed E-state index contributed by atoms with van der Waals surface area (Å²) in [6.07, 6.45) is 3.57. The summed E-state index contributed by atoms with van der Waals surface area (Å²) in [5.74, 6) is -1.24. The molecule has 6 heteroatoms. The molecule has 1 heterocycles. The Morgan fingerprint density at radius 1 is 1.48 bits per heavy atom. The highest BCUT2D eigenvalue weighted by atomic mass is 35.5. The lowest BCUT2D eigenvalue weighted by Crippen LogP contribution is -2.28. The maximum absolute atomic E-state index is 13.0. The van der Waals surface area contributed by atoms with Crippen molar-refractivity contribution in [2.45, 2.75) is 6.42 Å². The van der Waals surface area contributed by atoms with Gasteiger partial charge in [0.2, 0.25) is 5.91 Å². The molecular weight excluding hydrogens is 297 g/mol. The van der Waals surface area contributed by atoms with Gasteiger partial charge < -0.3 is 9.64 Å². The molecule has 0 spiro atoms. The lowest BCUT2D eigenvalue weighted by molar-refractivity contribution is -0.145. The number of hydrogen-bond acceptors (Lipinski definition) is 3. The Kier molecular flexibility index (Phi) is 4.96. The second-order valence-corrected chi connectivity index (χ2v) is 5.21. The van der Waals surface area contributed by atoms with Crippen LogP contribution in [-0.4, -0.2) is 37.0 Å². The number of esters is 1. The van der Waals surface area contributed by atoms with Crippen LogP contribution in [0.15, 0.2) is 24.3 Å². The Balaban J connectivity index is 1.97. The van der Waals surface area contributed by atoms with Gasteiger partial charge in [-0.3, -0.25) is 9.59 Å². The zero-order valence-corrected chi connectivity index (χ0v) is 12.3. The lowest BCUT2D eigenvalue weighted by atomic mass is 10.1. The summed E-state index contributed by atoms with van der Waals surface area (Å²) in [6, 6.07) is 4.23. The number of carbonyl (C=O) groups is 2. The van der Waals surface area contributed by atoms with Crippen LogP contribution < -0.4 is 0 Å². The molecule has 1 saturated heterocycles. The van der Waals surface area contributed by atoms with Gasteiger partial charge in [-0.2, -0.15) is 0 Å². The van der Waals surface area contributed by atoms with Crippen molar-refractivity contribution in [1.29, 1.82) is 0 Å². The van der Waals surface area contributed by atoms with E-state index >= 15 is 0 Å². The normalized spacial score (nSPS) is 18.2. The average molecular weight is 312 g/mol. The zero-order valence-electron chi connectivity index (χ0n) is 11.5. The maximum Gasteiger partial charge on any atom is 0.310 e. The van der Waals surface area contributed by atoms with Crippen LogP contribution in [0.25, 0.3) is 6.08 Å². The van der Waals surface area contributed by atoms with Crippen molar-refractivity contribution in [1.82, 2.24) is 4.90 Å². The van der Waals surface area contributed by atoms with Crippen molar-refractivity contribution in [2.24, 2.45) is 5.92 Å². The Morgan fingerprint density at radius 2 is 2.24 bits per heavy atom. The third-order valence-electron chi connectivity index (χ3n) is 3.40. The quantitative estimate of drug-likeness (QED) is 0.636. The second kappa shape index (κ2) is 6.72. The molecule has 1 aliphatic rings. The van der Waals surface area contributed by atoms with Crippen LogP contribution in [0.3, 0.4) is 0 Å². The number of nitrogens with zero attached hydrogens (tertiary/aromatic N) is 1. The van der Waals surface area contributed by atoms with E-state index in [0.717, 1.165) is 0 Å². The van der Waals surface area contributed by atoms with Crippen molar-refractivity contribution in [3.05, 3.63) is 40.7 Å². The molecule has 0 aliphatic carbocycles. The van der Waals surface area contributed by atoms with Gasteiger partial charge in [-0.15, -0.1) is 0 Å². The van der Waals surface area contributed by atoms with Crippen molar-refractivity contribution < 1.29 is 18.7 Å². The van der Waals surface area contributed by atoms with Crippen LogP contribution in [-0.2, 0) is 14.3 Å². The summed E-state index contributed by atoms with van der Waals surface area (Å²) >= 11 is 5.67. The van der Waals surface area contributed by atoms with Gasteiger partial charge in [0, 0.05) is 19.2 Å². The fourth-order valence-corrected chi connectivity index (χ4v) is 2.40. The summed E-state index contributed by atoms with van der Waals surface area (Å²) in [4.78, 5) is 25.0. The molecule has 0 bridgehead atoms. The van der Waals surface area contributed by atoms with Crippen LogP contribution in [0.1, 0.15) is 12.0 Å². The van der Waals surface area contributed by atoms with E-state index in [1.54, 1.807) is 11.0 Å². The topological polar surface area (TPSA) is 46.6 Å². The third kappa shape index (κ3) is 3.82. The van der Waals surface area contributed by atoms with Crippen molar-refractivity contribution in [3.8, 4) is 0 Å². The minimum atomic E-state index is -0.499. The van der Waals surface area contributed by atoms with Gasteiger partial charge in [0.25, 0.3) is 0 Å². The van der Waals surface area contributed by atoms with E-state index < -0.39 is 5.82 Å². The van der Waals surface area contributed by atoms with Crippen LogP contribution in [0.4, 0.5) is 4.39 Å². The van der Waals surface area contributed by atoms with Crippen LogP contribution in [0, 0.1) is 11.7 Å². The summed E-state index contributed by atoms with van der Waals surface area (Å²) in [7, 11) is 1.34. The van der Waals surface area contributed by atoms with Crippen LogP contribution in [0.2, 0.25) is 5.02 Å². The van der Waals surface area contributed by atoms with E-state index in [0.29, 0.717) is 25.1 Å². The monoisotopic (exact) mass is 311 g/mol. The first-order valence-corrected chi connectivity index (χ1v) is 6.89. The van der Waals surface area contributed by atoms with Gasteiger partial charge in [-0.25, -0.2) is 4.39 Å². The van der Waals surface area contributed by atoms with Gasteiger partial charge in [-0.1, -0.05) is 17.7 Å². The maximum atomic E-state index is 13.0. The highest BCUT2D eigenvalue weighted by molar-refractivity contribution is 6.30. The van der Waals surface area contributed by atoms with Crippen LogP contribution in [0.5, 0.6) is 0 Å². The number of amides is 1. The molecule has 1 atom stereocenters. The van der Waals surface area contributed by atoms with E-state index in [9.17, 15) is 14.0 Å². The predicted octanol–water partition coefficient (Wildman–Crippen LogP) is 2.51. The molecule has 4 nitrogen and oxygen atoms in total. The highest BCUT2D eigenvalue weighted by Crippen LogP contribution is 2.19. The minimum absolute atomic E-state index is 0.0107. The molecule has 0 saturated carbocycles. The molecule has 0 N–H and O–H groups in total. The number of halogens is 2. The molecule has 21 heavy (non-hydrogen) atoms. The number of rotatable bonds is 3. The lowest BCUT2D eigenvalue weighted by Gasteiger charge is -2.13. The SMILES string of the molecule is COC(=O)C1CCN(C(=O)/C=C/c2ccc(F)c(Cl)c2)C1. The average Bonchev–Trinajstić information content (AvgIpc) is 2.97. The highest BCUT2D eigenvalue weighted by Gasteiger charge is 2.30. The van der Waals surface area contributed by atoms with Gasteiger partial charge in [0.05, 0.1) is 18.1 Å². The first-order valence-electron chi connectivity index (χ1n) is 6.51. The number of hydrogen-bond donors (Lipinski definition) is 0. The van der Waals surface area contributed by atoms with Gasteiger partial charge in [0.1, 0.15) is 5.82 Å². The number of methoxy groups -OCH3 is 1. The Bertz CT molecular complexity index is 588. The molecule has 1 amide bonds. The Labute approximate surface area is 127 Å². The molecule has 2 rings (SSSR count). The molecule has 1 aromatic carbocycles. The van der Waals surface area contributed by atoms with E-state index in [4.69, 9.17) is 11.6 Å². The van der Waals surface area contributed by atoms with Crippen molar-refractivity contribution in [2.75, 3.05) is 20.2 Å². The zero-order chi connectivity index (χ0) is 15.4. The van der Waals surface area contributed by atoms with Gasteiger partial charge in [0.15, 0.2) is 0 Å². The smallest absolute Gasteiger partial charge is 0.310 e. The van der Waals surface area contributed by atoms with Gasteiger partial charge >= 0.3 is 5.97 Å². The summed E-state index contributed by atoms with van der Waals surface area (Å²) in [5.41, 5.74) is 0.637. The Hall–Kier alpha value is -1.88. The summed E-state index contributed by atoms with van der Waals surface area (Å²) in [5, 5.41) is 0.0107. The number of benzene rings is 1. The Morgan fingerprint density at radius 3 is 2.90 bits per heavy atom. The van der Waals surface area contributed by atoms with E-state index in [-0.39, 0.29) is 22.8 Å². The largest absolute Gasteiger partial charge is 0.469 e. The van der Waals surface area contributed by atoms with Crippen molar-refractivity contribution >= 4 is 29.6 Å². The van der Waals surface area contributed by atoms with E-state index in [2.05, 4.69) is 4.74 Å². The van der Waals surface area contributed by atoms with Gasteiger partial charge in [-0.05, 0) is 30.2 Å². The first kappa shape index (κ1) is 15.5. The molecule has 1 fully saturated rings. The number of ether oxygens (including phenoxy) is 1. The molecule has 1 aromatic rings. The fraction of sp³-hybridized carbons (Fsp3) is 0.333. The molecule has 112 valence electrons. The molecule has 0 radical (unpaired) electrons. The molecular formula is C15H15ClFNO3. The molecule has 1 aliphatic heterocycles. The number of likely N-dealkylation sites (tertiary alicyclic amines) is 1. The van der Waals surface area contributed by atoms with E-state index in [1.165, 1.54) is 31.4 Å². The van der Waals surface area contributed by atoms with Crippen LogP contribution >= 0.6 is 11.6 Å². The summed E-state index contributed by atoms with van der Waals surface area (Å²) < 4.78 is 17.7. The second-order valence-electron chi connectivity index (χ2n) is 4.80. The summed E-state index contributed by atoms with van der Waals surface area (Å²) in [6.45, 7) is 0.882. The molecule has 1 unspecified atom stereocenters. The third-order valence-corrected chi connectivity index (χ3v) is 3.69. The fourth-order valence-electron chi connectivity index (χ4n) is 2.21. The number of carbonyl (C=O) groups excluding carboxylic acids is 2.